The summed E-state index contributed by atoms with van der Waals surface area (Å²) in [6.45, 7) is 10.5. The van der Waals surface area contributed by atoms with Crippen LogP contribution in [0.3, 0.4) is 0 Å². The van der Waals surface area contributed by atoms with Crippen LogP contribution in [0, 0.1) is 0 Å². The molecule has 0 radical (unpaired) electrons. The molecule has 86 valence electrons. The van der Waals surface area contributed by atoms with Crippen LogP contribution in [-0.2, 0) is 0 Å². The lowest BCUT2D eigenvalue weighted by Gasteiger charge is -2.15. The van der Waals surface area contributed by atoms with Crippen LogP contribution in [0.15, 0.2) is 0 Å². The quantitative estimate of drug-likeness (QED) is 0.459. The molecule has 0 bridgehead atoms. The summed E-state index contributed by atoms with van der Waals surface area (Å²) in [7, 11) is -0.795. The number of rotatable bonds is 9. The molecule has 0 amide bonds. The van der Waals surface area contributed by atoms with Crippen molar-refractivity contribution in [1.29, 1.82) is 0 Å². The van der Waals surface area contributed by atoms with Gasteiger partial charge in [0.25, 0.3) is 0 Å². The van der Waals surface area contributed by atoms with Crippen molar-refractivity contribution in [2.75, 3.05) is 19.6 Å². The Labute approximate surface area is 90.7 Å². The Morgan fingerprint density at radius 2 is 1.57 bits per heavy atom. The lowest BCUT2D eigenvalue weighted by molar-refractivity contribution is 0.601. The predicted molar refractivity (Wildman–Crippen MR) is 68.5 cm³/mol. The lowest BCUT2D eigenvalue weighted by Crippen LogP contribution is -2.23. The molecule has 0 saturated heterocycles. The van der Waals surface area contributed by atoms with Gasteiger partial charge in [-0.05, 0) is 38.9 Å². The van der Waals surface area contributed by atoms with E-state index in [0.717, 1.165) is 6.54 Å². The monoisotopic (exact) mass is 216 g/mol. The van der Waals surface area contributed by atoms with Crippen LogP contribution < -0.4 is 11.1 Å². The van der Waals surface area contributed by atoms with Gasteiger partial charge >= 0.3 is 0 Å². The average Bonchev–Trinajstić information content (AvgIpc) is 2.08. The maximum absolute atomic E-state index is 5.42. The third-order valence-electron chi connectivity index (χ3n) is 2.34. The molecular formula is C11H28N2Si. The van der Waals surface area contributed by atoms with E-state index in [9.17, 15) is 0 Å². The Bertz CT molecular complexity index is 121. The average molecular weight is 216 g/mol. The van der Waals surface area contributed by atoms with E-state index in [1.165, 1.54) is 44.8 Å². The van der Waals surface area contributed by atoms with E-state index < -0.39 is 8.07 Å². The predicted octanol–water partition coefficient (Wildman–Crippen LogP) is 2.43. The zero-order valence-electron chi connectivity index (χ0n) is 10.2. The second-order valence-electron chi connectivity index (χ2n) is 5.26. The third kappa shape index (κ3) is 12.1. The molecule has 0 aromatic rings. The molecule has 0 aromatic heterocycles. The molecule has 0 fully saturated rings. The molecule has 0 aromatic carbocycles. The van der Waals surface area contributed by atoms with Gasteiger partial charge in [-0.25, -0.2) is 0 Å². The minimum Gasteiger partial charge on any atom is -0.330 e. The molecule has 0 unspecified atom stereocenters. The summed E-state index contributed by atoms with van der Waals surface area (Å²) >= 11 is 0. The summed E-state index contributed by atoms with van der Waals surface area (Å²) < 4.78 is 0. The maximum atomic E-state index is 5.42. The molecule has 3 N–H and O–H groups in total. The number of unbranched alkanes of at least 4 members (excludes halogenated alkanes) is 2. The van der Waals surface area contributed by atoms with Crippen molar-refractivity contribution >= 4 is 8.07 Å². The highest BCUT2D eigenvalue weighted by Gasteiger charge is 2.11. The Kier molecular flexibility index (Phi) is 8.53. The van der Waals surface area contributed by atoms with Gasteiger partial charge in [0.15, 0.2) is 0 Å². The molecule has 0 heterocycles. The van der Waals surface area contributed by atoms with E-state index in [1.54, 1.807) is 0 Å². The first-order valence-corrected chi connectivity index (χ1v) is 9.68. The fraction of sp³-hybridized carbons (Fsp3) is 1.00. The van der Waals surface area contributed by atoms with E-state index in [-0.39, 0.29) is 0 Å². The molecule has 3 heteroatoms. The summed E-state index contributed by atoms with van der Waals surface area (Å²) in [5.74, 6) is 0. The highest BCUT2D eigenvalue weighted by molar-refractivity contribution is 6.76. The van der Waals surface area contributed by atoms with Gasteiger partial charge in [0.1, 0.15) is 0 Å². The van der Waals surface area contributed by atoms with Crippen LogP contribution in [0.4, 0.5) is 0 Å². The minimum atomic E-state index is -0.795. The summed E-state index contributed by atoms with van der Waals surface area (Å²) in [5.41, 5.74) is 5.42. The van der Waals surface area contributed by atoms with Crippen molar-refractivity contribution in [2.24, 2.45) is 5.73 Å². The number of hydrogen-bond donors (Lipinski definition) is 2. The zero-order valence-corrected chi connectivity index (χ0v) is 11.2. The first-order valence-electron chi connectivity index (χ1n) is 5.97. The van der Waals surface area contributed by atoms with Gasteiger partial charge in [-0.2, -0.15) is 0 Å². The standard InChI is InChI=1S/C11H28N2Si/c1-14(2,3)11-7-10-13-9-6-4-5-8-12/h13H,4-12H2,1-3H3. The van der Waals surface area contributed by atoms with Gasteiger partial charge in [0.05, 0.1) is 0 Å². The molecule has 0 rings (SSSR count). The molecule has 0 atom stereocenters. The summed E-state index contributed by atoms with van der Waals surface area (Å²) in [4.78, 5) is 0. The summed E-state index contributed by atoms with van der Waals surface area (Å²) in [5, 5.41) is 3.50. The fourth-order valence-corrected chi connectivity index (χ4v) is 2.68. The fourth-order valence-electron chi connectivity index (χ4n) is 1.44. The topological polar surface area (TPSA) is 38.0 Å². The van der Waals surface area contributed by atoms with Crippen molar-refractivity contribution in [3.05, 3.63) is 0 Å². The van der Waals surface area contributed by atoms with E-state index in [4.69, 9.17) is 5.73 Å². The van der Waals surface area contributed by atoms with Crippen molar-refractivity contribution in [1.82, 2.24) is 5.32 Å². The van der Waals surface area contributed by atoms with Crippen molar-refractivity contribution in [3.63, 3.8) is 0 Å². The molecule has 0 spiro atoms. The first-order chi connectivity index (χ1) is 6.56. The number of nitrogens with two attached hydrogens (primary N) is 1. The second-order valence-corrected chi connectivity index (χ2v) is 10.9. The molecule has 0 aliphatic rings. The van der Waals surface area contributed by atoms with E-state index >= 15 is 0 Å². The zero-order chi connectivity index (χ0) is 10.9. The van der Waals surface area contributed by atoms with Gasteiger partial charge in [-0.15, -0.1) is 0 Å². The summed E-state index contributed by atoms with van der Waals surface area (Å²) in [6.07, 6.45) is 5.09. The molecule has 0 aliphatic carbocycles. The smallest absolute Gasteiger partial charge is 0.0443 e. The van der Waals surface area contributed by atoms with Gasteiger partial charge in [0, 0.05) is 8.07 Å². The maximum Gasteiger partial charge on any atom is 0.0443 e. The van der Waals surface area contributed by atoms with Crippen molar-refractivity contribution < 1.29 is 0 Å². The van der Waals surface area contributed by atoms with Crippen LogP contribution in [0.5, 0.6) is 0 Å². The minimum absolute atomic E-state index is 0.795. The Morgan fingerprint density at radius 1 is 0.929 bits per heavy atom. The normalized spacial score (nSPS) is 12.0. The van der Waals surface area contributed by atoms with E-state index in [0.29, 0.717) is 0 Å². The van der Waals surface area contributed by atoms with Crippen LogP contribution in [-0.4, -0.2) is 27.7 Å². The largest absolute Gasteiger partial charge is 0.330 e. The van der Waals surface area contributed by atoms with E-state index in [2.05, 4.69) is 25.0 Å². The SMILES string of the molecule is C[Si](C)(C)CCCNCCCCCN. The molecule has 14 heavy (non-hydrogen) atoms. The molecular weight excluding hydrogens is 188 g/mol. The Morgan fingerprint density at radius 3 is 2.14 bits per heavy atom. The van der Waals surface area contributed by atoms with Gasteiger partial charge in [-0.3, -0.25) is 0 Å². The van der Waals surface area contributed by atoms with Crippen LogP contribution in [0.1, 0.15) is 25.7 Å². The number of hydrogen-bond acceptors (Lipinski definition) is 2. The van der Waals surface area contributed by atoms with E-state index in [1.807, 2.05) is 0 Å². The van der Waals surface area contributed by atoms with Crippen LogP contribution in [0.25, 0.3) is 0 Å². The summed E-state index contributed by atoms with van der Waals surface area (Å²) in [6, 6.07) is 1.45. The Hall–Kier alpha value is 0.137. The van der Waals surface area contributed by atoms with Gasteiger partial charge in [-0.1, -0.05) is 32.1 Å². The van der Waals surface area contributed by atoms with Gasteiger partial charge < -0.3 is 11.1 Å². The third-order valence-corrected chi connectivity index (χ3v) is 4.19. The highest BCUT2D eigenvalue weighted by Crippen LogP contribution is 2.09. The Balaban J connectivity index is 2.99. The van der Waals surface area contributed by atoms with Crippen LogP contribution >= 0.6 is 0 Å². The van der Waals surface area contributed by atoms with Gasteiger partial charge in [0.2, 0.25) is 0 Å². The number of nitrogens with one attached hydrogen (secondary N) is 1. The highest BCUT2D eigenvalue weighted by atomic mass is 28.3. The lowest BCUT2D eigenvalue weighted by atomic mass is 10.2. The van der Waals surface area contributed by atoms with Crippen molar-refractivity contribution in [2.45, 2.75) is 51.4 Å². The van der Waals surface area contributed by atoms with Crippen LogP contribution in [0.2, 0.25) is 25.7 Å². The van der Waals surface area contributed by atoms with Crippen molar-refractivity contribution in [3.8, 4) is 0 Å². The first kappa shape index (κ1) is 14.1. The molecule has 0 aliphatic heterocycles. The second kappa shape index (κ2) is 8.45. The molecule has 2 nitrogen and oxygen atoms in total. The molecule has 0 saturated carbocycles.